The van der Waals surface area contributed by atoms with Crippen LogP contribution in [0.25, 0.3) is 0 Å². The van der Waals surface area contributed by atoms with Crippen molar-refractivity contribution < 1.29 is 19.4 Å². The van der Waals surface area contributed by atoms with Gasteiger partial charge in [0.15, 0.2) is 0 Å². The average Bonchev–Trinajstić information content (AvgIpc) is 2.78. The molecule has 5 heteroatoms. The van der Waals surface area contributed by atoms with Crippen LogP contribution < -0.4 is 4.90 Å². The van der Waals surface area contributed by atoms with Gasteiger partial charge in [0.25, 0.3) is 0 Å². The van der Waals surface area contributed by atoms with Crippen molar-refractivity contribution in [1.29, 1.82) is 0 Å². The summed E-state index contributed by atoms with van der Waals surface area (Å²) >= 11 is 0. The molecule has 0 atom stereocenters. The van der Waals surface area contributed by atoms with Crippen molar-refractivity contribution in [3.05, 3.63) is 42.0 Å². The maximum Gasteiger partial charge on any atom is 0.414 e. The summed E-state index contributed by atoms with van der Waals surface area (Å²) in [6, 6.07) is 4.78. The molecule has 0 saturated carbocycles. The molecule has 1 aromatic carbocycles. The highest BCUT2D eigenvalue weighted by Gasteiger charge is 2.26. The molecular formula is C13H13NO4. The van der Waals surface area contributed by atoms with Gasteiger partial charge in [0.05, 0.1) is 11.3 Å². The second-order valence-corrected chi connectivity index (χ2v) is 3.92. The highest BCUT2D eigenvalue weighted by atomic mass is 16.6. The highest BCUT2D eigenvalue weighted by Crippen LogP contribution is 2.29. The van der Waals surface area contributed by atoms with Crippen molar-refractivity contribution in [2.45, 2.75) is 6.42 Å². The highest BCUT2D eigenvalue weighted by molar-refractivity contribution is 5.94. The lowest BCUT2D eigenvalue weighted by Crippen LogP contribution is -2.29. The molecule has 1 aromatic rings. The predicted octanol–water partition coefficient (Wildman–Crippen LogP) is 2.07. The lowest BCUT2D eigenvalue weighted by molar-refractivity contribution is 0.0696. The molecule has 0 unspecified atom stereocenters. The number of nitrogens with zero attached hydrogens (tertiary/aromatic N) is 1. The first-order valence-electron chi connectivity index (χ1n) is 5.55. The maximum absolute atomic E-state index is 11.8. The van der Waals surface area contributed by atoms with Gasteiger partial charge < -0.3 is 9.84 Å². The maximum atomic E-state index is 11.8. The van der Waals surface area contributed by atoms with Gasteiger partial charge in [-0.1, -0.05) is 18.7 Å². The number of hydrogen-bond acceptors (Lipinski definition) is 3. The van der Waals surface area contributed by atoms with Crippen LogP contribution in [-0.2, 0) is 11.2 Å². The zero-order valence-electron chi connectivity index (χ0n) is 9.76. The number of benzene rings is 1. The van der Waals surface area contributed by atoms with Crippen molar-refractivity contribution in [2.75, 3.05) is 18.1 Å². The summed E-state index contributed by atoms with van der Waals surface area (Å²) in [4.78, 5) is 24.1. The number of carboxylic acid groups (broad SMARTS) is 1. The SMILES string of the molecule is C=CCOC(=O)N1CCc2ccc(C(=O)O)cc21. The number of hydrogen-bond donors (Lipinski definition) is 1. The summed E-state index contributed by atoms with van der Waals surface area (Å²) in [5.41, 5.74) is 1.73. The third-order valence-corrected chi connectivity index (χ3v) is 2.77. The molecule has 0 radical (unpaired) electrons. The summed E-state index contributed by atoms with van der Waals surface area (Å²) < 4.78 is 4.95. The van der Waals surface area contributed by atoms with E-state index in [1.165, 1.54) is 17.0 Å². The molecule has 0 spiro atoms. The smallest absolute Gasteiger partial charge is 0.414 e. The molecule has 18 heavy (non-hydrogen) atoms. The number of carboxylic acids is 1. The Morgan fingerprint density at radius 3 is 2.94 bits per heavy atom. The fourth-order valence-electron chi connectivity index (χ4n) is 1.91. The second-order valence-electron chi connectivity index (χ2n) is 3.92. The van der Waals surface area contributed by atoms with Crippen molar-refractivity contribution in [1.82, 2.24) is 0 Å². The standard InChI is InChI=1S/C13H13NO4/c1-2-7-18-13(17)14-6-5-9-3-4-10(12(15)16)8-11(9)14/h2-4,8H,1,5-7H2,(H,15,16). The second kappa shape index (κ2) is 4.91. The summed E-state index contributed by atoms with van der Waals surface area (Å²) in [5.74, 6) is -1.01. The minimum absolute atomic E-state index is 0.142. The van der Waals surface area contributed by atoms with Gasteiger partial charge in [-0.3, -0.25) is 4.90 Å². The third-order valence-electron chi connectivity index (χ3n) is 2.77. The molecule has 2 rings (SSSR count). The lowest BCUT2D eigenvalue weighted by atomic mass is 10.1. The number of carbonyl (C=O) groups excluding carboxylic acids is 1. The van der Waals surface area contributed by atoms with Crippen molar-refractivity contribution in [2.24, 2.45) is 0 Å². The zero-order valence-corrected chi connectivity index (χ0v) is 9.76. The monoisotopic (exact) mass is 247 g/mol. The number of ether oxygens (including phenoxy) is 1. The normalized spacial score (nSPS) is 13.0. The van der Waals surface area contributed by atoms with Gasteiger partial charge in [0, 0.05) is 6.54 Å². The van der Waals surface area contributed by atoms with E-state index in [2.05, 4.69) is 6.58 Å². The van der Waals surface area contributed by atoms with E-state index in [0.29, 0.717) is 18.7 Å². The van der Waals surface area contributed by atoms with E-state index in [-0.39, 0.29) is 12.2 Å². The van der Waals surface area contributed by atoms with Crippen LogP contribution in [0, 0.1) is 0 Å². The first-order valence-corrected chi connectivity index (χ1v) is 5.55. The van der Waals surface area contributed by atoms with Crippen LogP contribution in [0.2, 0.25) is 0 Å². The number of aromatic carboxylic acids is 1. The molecule has 1 heterocycles. The van der Waals surface area contributed by atoms with E-state index in [0.717, 1.165) is 5.56 Å². The average molecular weight is 247 g/mol. The summed E-state index contributed by atoms with van der Waals surface area (Å²) in [6.07, 6.45) is 1.72. The largest absolute Gasteiger partial charge is 0.478 e. The van der Waals surface area contributed by atoms with Gasteiger partial charge in [-0.05, 0) is 24.1 Å². The van der Waals surface area contributed by atoms with E-state index in [1.54, 1.807) is 12.1 Å². The number of rotatable bonds is 3. The van der Waals surface area contributed by atoms with Crippen molar-refractivity contribution >= 4 is 17.7 Å². The van der Waals surface area contributed by atoms with E-state index in [4.69, 9.17) is 9.84 Å². The summed E-state index contributed by atoms with van der Waals surface area (Å²) in [6.45, 7) is 4.12. The molecule has 0 fully saturated rings. The van der Waals surface area contributed by atoms with Gasteiger partial charge in [-0.25, -0.2) is 9.59 Å². The Morgan fingerprint density at radius 2 is 2.28 bits per heavy atom. The Morgan fingerprint density at radius 1 is 1.50 bits per heavy atom. The Kier molecular flexibility index (Phi) is 3.32. The van der Waals surface area contributed by atoms with E-state index < -0.39 is 12.1 Å². The van der Waals surface area contributed by atoms with Gasteiger partial charge in [-0.2, -0.15) is 0 Å². The van der Waals surface area contributed by atoms with E-state index in [9.17, 15) is 9.59 Å². The number of fused-ring (bicyclic) bond motifs is 1. The molecule has 0 bridgehead atoms. The molecule has 0 saturated heterocycles. The molecule has 0 aromatic heterocycles. The van der Waals surface area contributed by atoms with Crippen LogP contribution in [0.4, 0.5) is 10.5 Å². The van der Waals surface area contributed by atoms with Gasteiger partial charge >= 0.3 is 12.1 Å². The third kappa shape index (κ3) is 2.20. The fraction of sp³-hybridized carbons (Fsp3) is 0.231. The first-order chi connectivity index (χ1) is 8.63. The fourth-order valence-corrected chi connectivity index (χ4v) is 1.91. The summed E-state index contributed by atoms with van der Waals surface area (Å²) in [5, 5.41) is 8.93. The van der Waals surface area contributed by atoms with Crippen molar-refractivity contribution in [3.63, 3.8) is 0 Å². The Hall–Kier alpha value is -2.30. The van der Waals surface area contributed by atoms with Gasteiger partial charge in [0.2, 0.25) is 0 Å². The number of carbonyl (C=O) groups is 2. The molecule has 1 aliphatic rings. The predicted molar refractivity (Wildman–Crippen MR) is 66.0 cm³/mol. The number of amides is 1. The molecular weight excluding hydrogens is 234 g/mol. The quantitative estimate of drug-likeness (QED) is 0.830. The molecule has 5 nitrogen and oxygen atoms in total. The summed E-state index contributed by atoms with van der Waals surface area (Å²) in [7, 11) is 0. The van der Waals surface area contributed by atoms with E-state index in [1.807, 2.05) is 0 Å². The van der Waals surface area contributed by atoms with Crippen LogP contribution in [0.15, 0.2) is 30.9 Å². The zero-order chi connectivity index (χ0) is 13.1. The van der Waals surface area contributed by atoms with Crippen molar-refractivity contribution in [3.8, 4) is 0 Å². The molecule has 1 amide bonds. The lowest BCUT2D eigenvalue weighted by Gasteiger charge is -2.16. The topological polar surface area (TPSA) is 66.8 Å². The van der Waals surface area contributed by atoms with Crippen LogP contribution in [0.1, 0.15) is 15.9 Å². The minimum atomic E-state index is -1.01. The van der Waals surface area contributed by atoms with Gasteiger partial charge in [0.1, 0.15) is 6.61 Å². The van der Waals surface area contributed by atoms with Gasteiger partial charge in [-0.15, -0.1) is 0 Å². The number of anilines is 1. The Labute approximate surface area is 104 Å². The van der Waals surface area contributed by atoms with Crippen LogP contribution in [0.3, 0.4) is 0 Å². The minimum Gasteiger partial charge on any atom is -0.478 e. The first kappa shape index (κ1) is 12.2. The molecule has 0 aliphatic carbocycles. The molecule has 1 aliphatic heterocycles. The van der Waals surface area contributed by atoms with Crippen LogP contribution in [-0.4, -0.2) is 30.3 Å². The Bertz CT molecular complexity index is 510. The van der Waals surface area contributed by atoms with E-state index >= 15 is 0 Å². The van der Waals surface area contributed by atoms with Crippen LogP contribution >= 0.6 is 0 Å². The molecule has 94 valence electrons. The molecule has 1 N–H and O–H groups in total. The Balaban J connectivity index is 2.25. The van der Waals surface area contributed by atoms with Crippen LogP contribution in [0.5, 0.6) is 0 Å².